The molecule has 0 saturated heterocycles. The minimum absolute atomic E-state index is 0.151. The fourth-order valence-corrected chi connectivity index (χ4v) is 1.94. The van der Waals surface area contributed by atoms with E-state index in [-0.39, 0.29) is 24.9 Å². The van der Waals surface area contributed by atoms with Crippen LogP contribution in [-0.2, 0) is 4.74 Å². The molecule has 0 N–H and O–H groups in total. The highest BCUT2D eigenvalue weighted by atomic mass is 16.5. The molecule has 0 radical (unpaired) electrons. The Hall–Kier alpha value is -2.37. The SMILES string of the molecule is COC(=O)N(C)CCN1C(=O)c2ccccc2C1=O. The quantitative estimate of drug-likeness (QED) is 0.762. The number of amides is 3. The molecule has 0 saturated carbocycles. The van der Waals surface area contributed by atoms with Gasteiger partial charge in [0.15, 0.2) is 0 Å². The van der Waals surface area contributed by atoms with E-state index in [9.17, 15) is 14.4 Å². The first kappa shape index (κ1) is 13.1. The van der Waals surface area contributed by atoms with Crippen molar-refractivity contribution in [1.29, 1.82) is 0 Å². The van der Waals surface area contributed by atoms with E-state index in [4.69, 9.17) is 0 Å². The lowest BCUT2D eigenvalue weighted by atomic mass is 10.1. The average Bonchev–Trinajstić information content (AvgIpc) is 2.68. The van der Waals surface area contributed by atoms with Crippen LogP contribution in [0.5, 0.6) is 0 Å². The fraction of sp³-hybridized carbons (Fsp3) is 0.308. The number of hydrogen-bond acceptors (Lipinski definition) is 4. The number of nitrogens with zero attached hydrogens (tertiary/aromatic N) is 2. The lowest BCUT2D eigenvalue weighted by Crippen LogP contribution is -2.39. The van der Waals surface area contributed by atoms with E-state index in [1.807, 2.05) is 0 Å². The highest BCUT2D eigenvalue weighted by Gasteiger charge is 2.34. The number of likely N-dealkylation sites (N-methyl/N-ethyl adjacent to an activating group) is 1. The normalized spacial score (nSPS) is 13.5. The molecule has 0 fully saturated rings. The smallest absolute Gasteiger partial charge is 0.409 e. The molecule has 3 amide bonds. The van der Waals surface area contributed by atoms with Crippen molar-refractivity contribution in [3.63, 3.8) is 0 Å². The van der Waals surface area contributed by atoms with Gasteiger partial charge in [-0.25, -0.2) is 4.79 Å². The van der Waals surface area contributed by atoms with Gasteiger partial charge in [-0.15, -0.1) is 0 Å². The number of hydrogen-bond donors (Lipinski definition) is 0. The molecule has 2 rings (SSSR count). The molecule has 0 bridgehead atoms. The van der Waals surface area contributed by atoms with Crippen LogP contribution in [0.3, 0.4) is 0 Å². The van der Waals surface area contributed by atoms with Crippen molar-refractivity contribution >= 4 is 17.9 Å². The van der Waals surface area contributed by atoms with Crippen molar-refractivity contribution in [2.45, 2.75) is 0 Å². The summed E-state index contributed by atoms with van der Waals surface area (Å²) >= 11 is 0. The van der Waals surface area contributed by atoms with E-state index >= 15 is 0 Å². The van der Waals surface area contributed by atoms with Crippen molar-refractivity contribution < 1.29 is 19.1 Å². The predicted octanol–water partition coefficient (Wildman–Crippen LogP) is 0.981. The first-order chi connectivity index (χ1) is 9.06. The Morgan fingerprint density at radius 2 is 1.74 bits per heavy atom. The van der Waals surface area contributed by atoms with Gasteiger partial charge in [0.2, 0.25) is 0 Å². The first-order valence-corrected chi connectivity index (χ1v) is 5.80. The fourth-order valence-electron chi connectivity index (χ4n) is 1.94. The van der Waals surface area contributed by atoms with Crippen molar-refractivity contribution in [1.82, 2.24) is 9.80 Å². The molecule has 0 aromatic heterocycles. The molecule has 6 nitrogen and oxygen atoms in total. The number of carbonyl (C=O) groups excluding carboxylic acids is 3. The summed E-state index contributed by atoms with van der Waals surface area (Å²) in [4.78, 5) is 37.7. The second kappa shape index (κ2) is 5.09. The first-order valence-electron chi connectivity index (χ1n) is 5.80. The van der Waals surface area contributed by atoms with Gasteiger partial charge >= 0.3 is 6.09 Å². The highest BCUT2D eigenvalue weighted by molar-refractivity contribution is 6.21. The summed E-state index contributed by atoms with van der Waals surface area (Å²) in [7, 11) is 2.82. The summed E-state index contributed by atoms with van der Waals surface area (Å²) in [5, 5.41) is 0. The van der Waals surface area contributed by atoms with Crippen molar-refractivity contribution in [2.24, 2.45) is 0 Å². The predicted molar refractivity (Wildman–Crippen MR) is 66.8 cm³/mol. The Morgan fingerprint density at radius 3 is 2.21 bits per heavy atom. The molecule has 0 atom stereocenters. The van der Waals surface area contributed by atoms with Gasteiger partial charge in [-0.3, -0.25) is 14.5 Å². The number of ether oxygens (including phenoxy) is 1. The van der Waals surface area contributed by atoms with Crippen LogP contribution >= 0.6 is 0 Å². The highest BCUT2D eigenvalue weighted by Crippen LogP contribution is 2.21. The van der Waals surface area contributed by atoms with E-state index in [0.29, 0.717) is 11.1 Å². The van der Waals surface area contributed by atoms with Gasteiger partial charge in [0.05, 0.1) is 18.2 Å². The number of methoxy groups -OCH3 is 1. The summed E-state index contributed by atoms with van der Waals surface area (Å²) < 4.78 is 4.54. The van der Waals surface area contributed by atoms with Crippen LogP contribution in [-0.4, -0.2) is 55.0 Å². The minimum Gasteiger partial charge on any atom is -0.453 e. The van der Waals surface area contributed by atoms with E-state index < -0.39 is 6.09 Å². The second-order valence-electron chi connectivity index (χ2n) is 4.20. The molecule has 1 aromatic carbocycles. The number of carbonyl (C=O) groups is 3. The third-order valence-electron chi connectivity index (χ3n) is 3.02. The van der Waals surface area contributed by atoms with Gasteiger partial charge in [-0.1, -0.05) is 12.1 Å². The Kier molecular flexibility index (Phi) is 3.50. The minimum atomic E-state index is -0.503. The van der Waals surface area contributed by atoms with Crippen molar-refractivity contribution in [3.8, 4) is 0 Å². The van der Waals surface area contributed by atoms with E-state index in [1.165, 1.54) is 12.0 Å². The molecule has 0 unspecified atom stereocenters. The molecule has 1 aromatic rings. The van der Waals surface area contributed by atoms with Crippen LogP contribution in [0.25, 0.3) is 0 Å². The lowest BCUT2D eigenvalue weighted by molar-refractivity contribution is 0.0633. The monoisotopic (exact) mass is 262 g/mol. The standard InChI is InChI=1S/C13H14N2O4/c1-14(13(18)19-2)7-8-15-11(16)9-5-3-4-6-10(9)12(15)17/h3-6H,7-8H2,1-2H3. The van der Waals surface area contributed by atoms with Gasteiger partial charge in [-0.05, 0) is 12.1 Å². The average molecular weight is 262 g/mol. The van der Waals surface area contributed by atoms with Crippen LogP contribution < -0.4 is 0 Å². The van der Waals surface area contributed by atoms with Crippen LogP contribution in [0, 0.1) is 0 Å². The Balaban J connectivity index is 2.07. The maximum atomic E-state index is 12.0. The summed E-state index contributed by atoms with van der Waals surface area (Å²) in [5.41, 5.74) is 0.821. The number of imide groups is 1. The molecule has 19 heavy (non-hydrogen) atoms. The zero-order valence-corrected chi connectivity index (χ0v) is 10.8. The molecule has 0 spiro atoms. The van der Waals surface area contributed by atoms with Gasteiger partial charge in [0.1, 0.15) is 0 Å². The number of rotatable bonds is 3. The van der Waals surface area contributed by atoms with E-state index in [0.717, 1.165) is 4.90 Å². The molecule has 6 heteroatoms. The summed E-state index contributed by atoms with van der Waals surface area (Å²) in [6, 6.07) is 6.68. The molecule has 0 aliphatic carbocycles. The number of fused-ring (bicyclic) bond motifs is 1. The third-order valence-corrected chi connectivity index (χ3v) is 3.02. The lowest BCUT2D eigenvalue weighted by Gasteiger charge is -2.19. The van der Waals surface area contributed by atoms with Gasteiger partial charge in [0, 0.05) is 20.1 Å². The Bertz CT molecular complexity index is 506. The zero-order valence-electron chi connectivity index (χ0n) is 10.8. The Labute approximate surface area is 110 Å². The maximum Gasteiger partial charge on any atom is 0.409 e. The molecule has 1 aliphatic rings. The summed E-state index contributed by atoms with van der Waals surface area (Å²) in [6.07, 6.45) is -0.503. The van der Waals surface area contributed by atoms with E-state index in [1.54, 1.807) is 31.3 Å². The van der Waals surface area contributed by atoms with Crippen LogP contribution in [0.1, 0.15) is 20.7 Å². The number of benzene rings is 1. The van der Waals surface area contributed by atoms with Crippen LogP contribution in [0.15, 0.2) is 24.3 Å². The van der Waals surface area contributed by atoms with Crippen LogP contribution in [0.2, 0.25) is 0 Å². The maximum absolute atomic E-state index is 12.0. The molecule has 100 valence electrons. The van der Waals surface area contributed by atoms with Crippen LogP contribution in [0.4, 0.5) is 4.79 Å². The topological polar surface area (TPSA) is 66.9 Å². The second-order valence-corrected chi connectivity index (χ2v) is 4.20. The molecule has 1 aliphatic heterocycles. The third kappa shape index (κ3) is 2.29. The van der Waals surface area contributed by atoms with Crippen molar-refractivity contribution in [2.75, 3.05) is 27.2 Å². The molecule has 1 heterocycles. The van der Waals surface area contributed by atoms with Gasteiger partial charge < -0.3 is 9.64 Å². The zero-order chi connectivity index (χ0) is 14.0. The molecular formula is C13H14N2O4. The largest absolute Gasteiger partial charge is 0.453 e. The summed E-state index contributed by atoms with van der Waals surface area (Å²) in [5.74, 6) is -0.641. The van der Waals surface area contributed by atoms with E-state index in [2.05, 4.69) is 4.74 Å². The van der Waals surface area contributed by atoms with Gasteiger partial charge in [0.25, 0.3) is 11.8 Å². The summed E-state index contributed by atoms with van der Waals surface area (Å²) in [6.45, 7) is 0.385. The van der Waals surface area contributed by atoms with Gasteiger partial charge in [-0.2, -0.15) is 0 Å². The van der Waals surface area contributed by atoms with Crippen molar-refractivity contribution in [3.05, 3.63) is 35.4 Å². The molecular weight excluding hydrogens is 248 g/mol. The Morgan fingerprint density at radius 1 is 1.21 bits per heavy atom.